The molecule has 11 heteroatoms. The second-order valence-corrected chi connectivity index (χ2v) is 11.1. The summed E-state index contributed by atoms with van der Waals surface area (Å²) in [6.45, 7) is 3.96. The highest BCUT2D eigenvalue weighted by molar-refractivity contribution is 6.35. The van der Waals surface area contributed by atoms with Gasteiger partial charge >= 0.3 is 6.01 Å². The Morgan fingerprint density at radius 3 is 2.75 bits per heavy atom. The molecule has 0 saturated carbocycles. The molecule has 3 aromatic rings. The van der Waals surface area contributed by atoms with Crippen LogP contribution in [0.4, 0.5) is 10.2 Å². The fourth-order valence-corrected chi connectivity index (χ4v) is 6.21. The van der Waals surface area contributed by atoms with Gasteiger partial charge in [0.2, 0.25) is 5.75 Å². The number of nitrogens with zero attached hydrogens (tertiary/aromatic N) is 5. The van der Waals surface area contributed by atoms with Crippen molar-refractivity contribution in [1.29, 1.82) is 0 Å². The number of amides is 1. The molecule has 2 saturated heterocycles. The summed E-state index contributed by atoms with van der Waals surface area (Å²) in [4.78, 5) is 27.3. The largest absolute Gasteiger partial charge is 0.481 e. The summed E-state index contributed by atoms with van der Waals surface area (Å²) in [5.41, 5.74) is 0.913. The molecule has 4 heterocycles. The van der Waals surface area contributed by atoms with Crippen molar-refractivity contribution in [2.75, 3.05) is 58.0 Å². The number of likely N-dealkylation sites (N-methyl/N-ethyl adjacent to an activating group) is 1. The molecule has 0 N–H and O–H groups in total. The lowest BCUT2D eigenvalue weighted by molar-refractivity contribution is -0.134. The zero-order chi connectivity index (χ0) is 27.8. The molecule has 3 aliphatic rings. The number of rotatable bonds is 6. The van der Waals surface area contributed by atoms with Gasteiger partial charge in [-0.2, -0.15) is 9.97 Å². The summed E-state index contributed by atoms with van der Waals surface area (Å²) >= 11 is 6.60. The summed E-state index contributed by atoms with van der Waals surface area (Å²) in [6.07, 6.45) is 1.75. The number of anilines is 1. The molecule has 3 atom stereocenters. The summed E-state index contributed by atoms with van der Waals surface area (Å²) in [5.74, 6) is 0.784. The minimum atomic E-state index is -1.00. The minimum Gasteiger partial charge on any atom is -0.481 e. The normalized spacial score (nSPS) is 23.1. The van der Waals surface area contributed by atoms with Crippen molar-refractivity contribution in [2.45, 2.75) is 38.0 Å². The number of halogens is 2. The van der Waals surface area contributed by atoms with Gasteiger partial charge in [-0.3, -0.25) is 4.79 Å². The smallest absolute Gasteiger partial charge is 0.322 e. The van der Waals surface area contributed by atoms with E-state index in [4.69, 9.17) is 30.8 Å². The number of carbonyl (C=O) groups excluding carboxylic acids is 1. The molecule has 0 bridgehead atoms. The molecule has 2 fully saturated rings. The Balaban J connectivity index is 1.32. The summed E-state index contributed by atoms with van der Waals surface area (Å²) in [5, 5.41) is 2.58. The predicted octanol–water partition coefficient (Wildman–Crippen LogP) is 4.28. The summed E-state index contributed by atoms with van der Waals surface area (Å²) < 4.78 is 32.0. The number of fused-ring (bicyclic) bond motifs is 2. The molecule has 0 aliphatic carbocycles. The Morgan fingerprint density at radius 2 is 2.00 bits per heavy atom. The van der Waals surface area contributed by atoms with Gasteiger partial charge in [-0.25, -0.2) is 4.39 Å². The van der Waals surface area contributed by atoms with Crippen molar-refractivity contribution < 1.29 is 23.4 Å². The first-order valence-electron chi connectivity index (χ1n) is 13.7. The van der Waals surface area contributed by atoms with Gasteiger partial charge in [0.1, 0.15) is 13.2 Å². The van der Waals surface area contributed by atoms with E-state index >= 15 is 0 Å². The lowest BCUT2D eigenvalue weighted by Gasteiger charge is -2.41. The topological polar surface area (TPSA) is 80.3 Å². The first-order valence-corrected chi connectivity index (χ1v) is 14.1. The van der Waals surface area contributed by atoms with Crippen molar-refractivity contribution in [3.63, 3.8) is 0 Å². The zero-order valence-corrected chi connectivity index (χ0v) is 23.4. The monoisotopic (exact) mass is 569 g/mol. The molecule has 2 aromatic carbocycles. The van der Waals surface area contributed by atoms with Crippen LogP contribution in [0.3, 0.4) is 0 Å². The Kier molecular flexibility index (Phi) is 7.55. The highest BCUT2D eigenvalue weighted by atomic mass is 35.5. The fraction of sp³-hybridized carbons (Fsp3) is 0.483. The van der Waals surface area contributed by atoms with Crippen LogP contribution in [-0.2, 0) is 4.79 Å². The van der Waals surface area contributed by atoms with Gasteiger partial charge in [-0.1, -0.05) is 41.9 Å². The van der Waals surface area contributed by atoms with E-state index in [1.54, 1.807) is 4.90 Å². The maximum atomic E-state index is 13.1. The number of piperazine rings is 1. The van der Waals surface area contributed by atoms with E-state index in [1.807, 2.05) is 48.2 Å². The fourth-order valence-electron chi connectivity index (χ4n) is 5.91. The van der Waals surface area contributed by atoms with Crippen LogP contribution in [0.2, 0.25) is 5.02 Å². The Labute approximate surface area is 237 Å². The standard InChI is InChI=1S/C29H33ClFN5O4/c1-18-15-35(12-13-36(18)24(37)14-31)27-26-28(33-29(32-27)39-16-20-8-5-11-34(20)2)40-23(17-38-26)21-9-3-6-19-7-4-10-22(30)25(19)21/h3-4,6-7,9-10,18,20,23H,5,8,11-17H2,1-2H3/t18-,20?,23?/m1/s1. The Hall–Kier alpha value is -3.37. The number of likely N-dealkylation sites (tertiary alicyclic amines) is 1. The van der Waals surface area contributed by atoms with Crippen LogP contribution >= 0.6 is 11.6 Å². The van der Waals surface area contributed by atoms with Gasteiger partial charge in [0, 0.05) is 47.7 Å². The zero-order valence-electron chi connectivity index (χ0n) is 22.7. The molecule has 0 radical (unpaired) electrons. The van der Waals surface area contributed by atoms with Gasteiger partial charge in [0.25, 0.3) is 11.8 Å². The van der Waals surface area contributed by atoms with E-state index in [0.29, 0.717) is 54.8 Å². The molecular weight excluding hydrogens is 537 g/mol. The molecule has 2 unspecified atom stereocenters. The Morgan fingerprint density at radius 1 is 1.18 bits per heavy atom. The number of carbonyl (C=O) groups is 1. The molecule has 9 nitrogen and oxygen atoms in total. The van der Waals surface area contributed by atoms with Crippen molar-refractivity contribution in [1.82, 2.24) is 19.8 Å². The van der Waals surface area contributed by atoms with Crippen molar-refractivity contribution >= 4 is 34.1 Å². The molecule has 6 rings (SSSR count). The van der Waals surface area contributed by atoms with E-state index in [2.05, 4.69) is 16.9 Å². The first kappa shape index (κ1) is 26.8. The van der Waals surface area contributed by atoms with Crippen LogP contribution in [0.1, 0.15) is 31.4 Å². The minimum absolute atomic E-state index is 0.200. The Bertz CT molecular complexity index is 1410. The van der Waals surface area contributed by atoms with Gasteiger partial charge in [-0.15, -0.1) is 0 Å². The number of benzene rings is 2. The molecule has 1 aromatic heterocycles. The van der Waals surface area contributed by atoms with Gasteiger partial charge in [0.05, 0.1) is 0 Å². The molecule has 3 aliphatic heterocycles. The SMILES string of the molecule is C[C@@H]1CN(c2nc(OCC3CCCN3C)nc3c2OCC(c2cccc4cccc(Cl)c24)O3)CCN1C(=O)CF. The van der Waals surface area contributed by atoms with Crippen molar-refractivity contribution in [2.24, 2.45) is 0 Å². The van der Waals surface area contributed by atoms with E-state index in [1.165, 1.54) is 0 Å². The third-order valence-electron chi connectivity index (χ3n) is 8.10. The summed E-state index contributed by atoms with van der Waals surface area (Å²) in [7, 11) is 2.09. The average Bonchev–Trinajstić information content (AvgIpc) is 3.39. The number of alkyl halides is 1. The van der Waals surface area contributed by atoms with Gasteiger partial charge in [-0.05, 0) is 44.8 Å². The second kappa shape index (κ2) is 11.2. The number of hydrogen-bond acceptors (Lipinski definition) is 8. The highest BCUT2D eigenvalue weighted by Gasteiger charge is 2.35. The van der Waals surface area contributed by atoms with Crippen molar-refractivity contribution in [3.8, 4) is 17.6 Å². The average molecular weight is 570 g/mol. The highest BCUT2D eigenvalue weighted by Crippen LogP contribution is 2.44. The van der Waals surface area contributed by atoms with Crippen LogP contribution in [-0.4, -0.2) is 90.9 Å². The molecule has 0 spiro atoms. The molecule has 212 valence electrons. The lowest BCUT2D eigenvalue weighted by atomic mass is 10.00. The van der Waals surface area contributed by atoms with Crippen LogP contribution in [0.5, 0.6) is 17.6 Å². The quantitative estimate of drug-likeness (QED) is 0.435. The van der Waals surface area contributed by atoms with E-state index < -0.39 is 18.7 Å². The molecule has 1 amide bonds. The van der Waals surface area contributed by atoms with Gasteiger partial charge < -0.3 is 28.9 Å². The maximum Gasteiger partial charge on any atom is 0.322 e. The molecular formula is C29H33ClFN5O4. The van der Waals surface area contributed by atoms with E-state index in [9.17, 15) is 9.18 Å². The van der Waals surface area contributed by atoms with Crippen LogP contribution < -0.4 is 19.1 Å². The first-order chi connectivity index (χ1) is 19.4. The molecule has 40 heavy (non-hydrogen) atoms. The maximum absolute atomic E-state index is 13.1. The predicted molar refractivity (Wildman–Crippen MR) is 150 cm³/mol. The van der Waals surface area contributed by atoms with E-state index in [-0.39, 0.29) is 18.7 Å². The second-order valence-electron chi connectivity index (χ2n) is 10.7. The summed E-state index contributed by atoms with van der Waals surface area (Å²) in [6, 6.07) is 12.1. The van der Waals surface area contributed by atoms with Gasteiger partial charge in [0.15, 0.2) is 18.6 Å². The van der Waals surface area contributed by atoms with Crippen LogP contribution in [0, 0.1) is 0 Å². The van der Waals surface area contributed by atoms with E-state index in [0.717, 1.165) is 35.7 Å². The number of ether oxygens (including phenoxy) is 3. The van der Waals surface area contributed by atoms with Crippen LogP contribution in [0.15, 0.2) is 36.4 Å². The van der Waals surface area contributed by atoms with Crippen molar-refractivity contribution in [3.05, 3.63) is 47.0 Å². The number of hydrogen-bond donors (Lipinski definition) is 0. The third-order valence-corrected chi connectivity index (χ3v) is 8.41. The number of aromatic nitrogens is 2. The lowest BCUT2D eigenvalue weighted by Crippen LogP contribution is -2.54. The van der Waals surface area contributed by atoms with Crippen LogP contribution in [0.25, 0.3) is 10.8 Å². The third kappa shape index (κ3) is 5.10.